The summed E-state index contributed by atoms with van der Waals surface area (Å²) in [4.78, 5) is 26.5. The van der Waals surface area contributed by atoms with E-state index in [0.29, 0.717) is 4.88 Å². The van der Waals surface area contributed by atoms with Crippen LogP contribution in [0.5, 0.6) is 0 Å². The Morgan fingerprint density at radius 2 is 1.96 bits per heavy atom. The van der Waals surface area contributed by atoms with E-state index in [9.17, 15) is 9.59 Å². The maximum atomic E-state index is 12.3. The monoisotopic (exact) mass is 458 g/mol. The lowest BCUT2D eigenvalue weighted by atomic mass is 10.1. The predicted octanol–water partition coefficient (Wildman–Crippen LogP) is 4.60. The van der Waals surface area contributed by atoms with Crippen LogP contribution in [-0.4, -0.2) is 30.3 Å². The van der Waals surface area contributed by atoms with Gasteiger partial charge in [-0.1, -0.05) is 12.1 Å². The molecule has 2 rings (SSSR count). The van der Waals surface area contributed by atoms with E-state index in [1.807, 2.05) is 32.0 Å². The largest absolute Gasteiger partial charge is 0.332 e. The minimum Gasteiger partial charge on any atom is -0.332 e. The summed E-state index contributed by atoms with van der Waals surface area (Å²) < 4.78 is 1.69. The van der Waals surface area contributed by atoms with Crippen molar-refractivity contribution < 1.29 is 9.59 Å². The van der Waals surface area contributed by atoms with E-state index in [4.69, 9.17) is 0 Å². The van der Waals surface area contributed by atoms with Crippen LogP contribution in [-0.2, 0) is 4.79 Å². The van der Waals surface area contributed by atoms with E-state index in [1.165, 1.54) is 16.2 Å². The molecule has 4 nitrogen and oxygen atoms in total. The van der Waals surface area contributed by atoms with Gasteiger partial charge in [0.15, 0.2) is 0 Å². The highest BCUT2D eigenvalue weighted by Crippen LogP contribution is 2.32. The van der Waals surface area contributed by atoms with Crippen LogP contribution in [0.3, 0.4) is 0 Å². The molecule has 0 atom stereocenters. The molecule has 7 heteroatoms. The number of benzene rings is 1. The Bertz CT molecular complexity index is 739. The summed E-state index contributed by atoms with van der Waals surface area (Å²) in [6.07, 6.45) is 0. The summed E-state index contributed by atoms with van der Waals surface area (Å²) in [6.45, 7) is 3.95. The molecule has 0 aliphatic carbocycles. The number of hydrogen-bond donors (Lipinski definition) is 1. The van der Waals surface area contributed by atoms with Gasteiger partial charge in [0, 0.05) is 17.2 Å². The number of aryl methyl sites for hydroxylation is 1. The number of likely N-dealkylation sites (N-methyl/N-ethyl adjacent to an activating group) is 1. The van der Waals surface area contributed by atoms with Gasteiger partial charge in [-0.2, -0.15) is 0 Å². The first-order valence-corrected chi connectivity index (χ1v) is 9.26. The highest BCUT2D eigenvalue weighted by Gasteiger charge is 2.18. The van der Waals surface area contributed by atoms with Gasteiger partial charge in [-0.15, -0.1) is 11.3 Å². The zero-order valence-electron chi connectivity index (χ0n) is 12.9. The van der Waals surface area contributed by atoms with Gasteiger partial charge in [0.25, 0.3) is 5.91 Å². The Morgan fingerprint density at radius 3 is 2.57 bits per heavy atom. The number of thiophene rings is 1. The number of nitrogens with zero attached hydrogens (tertiary/aromatic N) is 1. The van der Waals surface area contributed by atoms with Crippen molar-refractivity contribution in [2.75, 3.05) is 18.9 Å². The van der Waals surface area contributed by atoms with Crippen LogP contribution >= 0.6 is 43.2 Å². The van der Waals surface area contributed by atoms with E-state index >= 15 is 0 Å². The minimum absolute atomic E-state index is 0.000642. The minimum atomic E-state index is -0.218. The molecule has 2 aromatic rings. The average molecular weight is 460 g/mol. The third-order valence-electron chi connectivity index (χ3n) is 3.46. The lowest BCUT2D eigenvalue weighted by Crippen LogP contribution is -2.34. The summed E-state index contributed by atoms with van der Waals surface area (Å²) >= 11 is 8.05. The molecule has 0 unspecified atom stereocenters. The molecule has 1 aromatic heterocycles. The molecule has 1 N–H and O–H groups in total. The van der Waals surface area contributed by atoms with Crippen LogP contribution in [0.1, 0.15) is 20.8 Å². The van der Waals surface area contributed by atoms with Crippen LogP contribution in [0.25, 0.3) is 0 Å². The number of carbonyl (C=O) groups is 2. The molecule has 122 valence electrons. The highest BCUT2D eigenvalue weighted by atomic mass is 79.9. The summed E-state index contributed by atoms with van der Waals surface area (Å²) in [5.41, 5.74) is 2.92. The summed E-state index contributed by atoms with van der Waals surface area (Å²) in [6, 6.07) is 7.49. The first-order valence-electron chi connectivity index (χ1n) is 6.86. The van der Waals surface area contributed by atoms with Crippen LogP contribution in [0, 0.1) is 13.8 Å². The smallest absolute Gasteiger partial charge is 0.264 e. The van der Waals surface area contributed by atoms with E-state index in [2.05, 4.69) is 37.2 Å². The van der Waals surface area contributed by atoms with E-state index in [-0.39, 0.29) is 18.4 Å². The van der Waals surface area contributed by atoms with Gasteiger partial charge in [-0.05, 0) is 69.0 Å². The Hall–Kier alpha value is -1.18. The molecule has 0 aliphatic rings. The molecular formula is C16H16Br2N2O2S. The number of anilines is 1. The fourth-order valence-electron chi connectivity index (χ4n) is 2.00. The number of carbonyl (C=O) groups excluding carboxylic acids is 2. The highest BCUT2D eigenvalue weighted by molar-refractivity contribution is 9.13. The lowest BCUT2D eigenvalue weighted by molar-refractivity contribution is -0.116. The Labute approximate surface area is 156 Å². The van der Waals surface area contributed by atoms with Gasteiger partial charge in [-0.25, -0.2) is 0 Å². The van der Waals surface area contributed by atoms with Crippen molar-refractivity contribution in [2.24, 2.45) is 0 Å². The molecule has 0 saturated heterocycles. The Morgan fingerprint density at radius 1 is 1.26 bits per heavy atom. The molecular weight excluding hydrogens is 444 g/mol. The van der Waals surface area contributed by atoms with Crippen LogP contribution in [0.4, 0.5) is 5.69 Å². The second-order valence-electron chi connectivity index (χ2n) is 5.19. The molecule has 0 fully saturated rings. The van der Waals surface area contributed by atoms with Crippen molar-refractivity contribution in [1.82, 2.24) is 4.90 Å². The third kappa shape index (κ3) is 4.43. The Kier molecular flexibility index (Phi) is 6.00. The molecule has 1 aromatic carbocycles. The van der Waals surface area contributed by atoms with E-state index in [0.717, 1.165) is 25.1 Å². The second-order valence-corrected chi connectivity index (χ2v) is 8.41. The number of rotatable bonds is 4. The summed E-state index contributed by atoms with van der Waals surface area (Å²) in [7, 11) is 1.62. The maximum absolute atomic E-state index is 12.3. The number of amides is 2. The number of nitrogens with one attached hydrogen (secondary N) is 1. The topological polar surface area (TPSA) is 49.4 Å². The van der Waals surface area contributed by atoms with Crippen molar-refractivity contribution in [2.45, 2.75) is 13.8 Å². The van der Waals surface area contributed by atoms with Crippen molar-refractivity contribution in [3.8, 4) is 0 Å². The average Bonchev–Trinajstić information content (AvgIpc) is 2.82. The number of halogens is 2. The zero-order valence-corrected chi connectivity index (χ0v) is 16.9. The maximum Gasteiger partial charge on any atom is 0.264 e. The molecule has 2 amide bonds. The molecule has 0 aliphatic heterocycles. The van der Waals surface area contributed by atoms with Crippen LogP contribution in [0.2, 0.25) is 0 Å². The van der Waals surface area contributed by atoms with Gasteiger partial charge in [-0.3, -0.25) is 9.59 Å². The van der Waals surface area contributed by atoms with Crippen molar-refractivity contribution in [1.29, 1.82) is 0 Å². The molecule has 0 spiro atoms. The van der Waals surface area contributed by atoms with Gasteiger partial charge in [0.1, 0.15) is 0 Å². The first-order chi connectivity index (χ1) is 10.8. The molecule has 23 heavy (non-hydrogen) atoms. The fraction of sp³-hybridized carbons (Fsp3) is 0.250. The lowest BCUT2D eigenvalue weighted by Gasteiger charge is -2.17. The van der Waals surface area contributed by atoms with Crippen LogP contribution < -0.4 is 5.32 Å². The SMILES string of the molecule is Cc1cccc(NC(=O)CN(C)C(=O)c2cc(Br)c(Br)s2)c1C. The quantitative estimate of drug-likeness (QED) is 0.726. The first kappa shape index (κ1) is 18.2. The van der Waals surface area contributed by atoms with Gasteiger partial charge < -0.3 is 10.2 Å². The van der Waals surface area contributed by atoms with Crippen LogP contribution in [0.15, 0.2) is 32.5 Å². The molecule has 0 radical (unpaired) electrons. The van der Waals surface area contributed by atoms with Crippen molar-refractivity contribution >= 4 is 60.7 Å². The summed E-state index contributed by atoms with van der Waals surface area (Å²) in [5, 5.41) is 2.86. The second kappa shape index (κ2) is 7.59. The normalized spacial score (nSPS) is 10.5. The fourth-order valence-corrected chi connectivity index (χ4v) is 4.03. The van der Waals surface area contributed by atoms with Crippen molar-refractivity contribution in [3.63, 3.8) is 0 Å². The predicted molar refractivity (Wildman–Crippen MR) is 101 cm³/mol. The zero-order chi connectivity index (χ0) is 17.1. The third-order valence-corrected chi connectivity index (χ3v) is 6.71. The standard InChI is InChI=1S/C16H16Br2N2O2S/c1-9-5-4-6-12(10(9)2)19-14(21)8-20(3)16(22)13-7-11(17)15(18)23-13/h4-7H,8H2,1-3H3,(H,19,21). The molecule has 0 bridgehead atoms. The van der Waals surface area contributed by atoms with Crippen molar-refractivity contribution in [3.05, 3.63) is 48.5 Å². The van der Waals surface area contributed by atoms with Gasteiger partial charge in [0.05, 0.1) is 15.2 Å². The Balaban J connectivity index is 2.02. The van der Waals surface area contributed by atoms with Gasteiger partial charge >= 0.3 is 0 Å². The van der Waals surface area contributed by atoms with Gasteiger partial charge in [0.2, 0.25) is 5.91 Å². The summed E-state index contributed by atoms with van der Waals surface area (Å²) in [5.74, 6) is -0.401. The van der Waals surface area contributed by atoms with E-state index < -0.39 is 0 Å². The number of hydrogen-bond acceptors (Lipinski definition) is 3. The molecule has 0 saturated carbocycles. The van der Waals surface area contributed by atoms with E-state index in [1.54, 1.807) is 13.1 Å². The molecule has 1 heterocycles.